The lowest BCUT2D eigenvalue weighted by atomic mass is 9.96. The first-order chi connectivity index (χ1) is 42.9. The van der Waals surface area contributed by atoms with Gasteiger partial charge in [-0.2, -0.15) is 0 Å². The van der Waals surface area contributed by atoms with Crippen LogP contribution in [0, 0.1) is 11.6 Å². The van der Waals surface area contributed by atoms with E-state index in [2.05, 4.69) is 10.6 Å². The number of sulfonamides is 2. The Balaban J connectivity index is 0.000000213. The number of halogens is 3. The fraction of sp³-hybridized carbons (Fsp3) is 0.118. The molecule has 3 amide bonds. The van der Waals surface area contributed by atoms with Gasteiger partial charge in [0.2, 0.25) is 26.0 Å². The molecule has 0 radical (unpaired) electrons. The van der Waals surface area contributed by atoms with Crippen molar-refractivity contribution in [1.82, 2.24) is 25.9 Å². The van der Waals surface area contributed by atoms with Crippen LogP contribution in [0.15, 0.2) is 191 Å². The first-order valence-corrected chi connectivity index (χ1v) is 31.5. The smallest absolute Gasteiger partial charge is 0.323 e. The number of nitrogens with zero attached hydrogens (tertiary/aromatic N) is 4. The molecular formula is C68H61ClF2N8O11S2. The number of para-hydroxylation sites is 2. The van der Waals surface area contributed by atoms with Crippen LogP contribution >= 0.6 is 12.4 Å². The number of benzene rings is 8. The fourth-order valence-corrected chi connectivity index (χ4v) is 12.2. The molecule has 24 heteroatoms. The average molecular weight is 1300 g/mol. The van der Waals surface area contributed by atoms with Gasteiger partial charge in [-0.1, -0.05) is 72.8 Å². The third-order valence-electron chi connectivity index (χ3n) is 15.6. The Morgan fingerprint density at radius 1 is 0.511 bits per heavy atom. The molecule has 4 heterocycles. The normalized spacial score (nSPS) is 11.4. The van der Waals surface area contributed by atoms with Crippen molar-refractivity contribution in [1.29, 1.82) is 0 Å². The molecule has 0 spiro atoms. The van der Waals surface area contributed by atoms with Crippen molar-refractivity contribution in [3.8, 4) is 67.4 Å². The number of nitrogens with two attached hydrogens (primary N) is 1. The fourth-order valence-electron chi connectivity index (χ4n) is 11.1. The van der Waals surface area contributed by atoms with Crippen molar-refractivity contribution in [2.75, 3.05) is 49.3 Å². The van der Waals surface area contributed by atoms with Crippen LogP contribution in [-0.2, 0) is 42.7 Å². The molecule has 0 atom stereocenters. The molecule has 8 N–H and O–H groups in total. The zero-order chi connectivity index (χ0) is 64.1. The molecule has 12 rings (SSSR count). The van der Waals surface area contributed by atoms with Gasteiger partial charge in [-0.15, -0.1) is 12.4 Å². The van der Waals surface area contributed by atoms with E-state index in [9.17, 15) is 49.9 Å². The Bertz CT molecular complexity index is 4800. The standard InChI is InChI=1S/C34H29FN4O5S.C34H28FN3O6S.ClH.H3N/c1-37-34(41)32-26-17-25(29(38(2)45(3,42)43)18-30(26)44-33(32)20-11-13-24(35)14-12-20)21-8-6-9-22(15-21)28-16-23-7-4-5-10-27(23)39(28)19-31(36)40;1-36-34(41)32-26-17-25(29(37(2)45(3,42)43)18-30(26)44-33(32)20-11-13-24(35)14-12-20)21-8-6-9-22(15-21)28-16-23-7-4-5-10-27(23)38(28)19-31(39)40;;/h4-18H,19H2,1-3H3,(H2,36,40)(H,37,41);4-18H,19H2,1-3H3,(H,36,41)(H,39,40);1H;1H3. The summed E-state index contributed by atoms with van der Waals surface area (Å²) in [5, 5.41) is 17.6. The number of anilines is 2. The van der Waals surface area contributed by atoms with Crippen molar-refractivity contribution in [2.45, 2.75) is 13.1 Å². The van der Waals surface area contributed by atoms with Crippen LogP contribution in [-0.4, -0.2) is 95.5 Å². The molecule has 0 aliphatic rings. The van der Waals surface area contributed by atoms with Crippen LogP contribution in [0.4, 0.5) is 20.2 Å². The lowest BCUT2D eigenvalue weighted by Gasteiger charge is -2.21. The quantitative estimate of drug-likeness (QED) is 0.0604. The molecule has 0 unspecified atom stereocenters. The predicted molar refractivity (Wildman–Crippen MR) is 358 cm³/mol. The molecule has 0 saturated carbocycles. The van der Waals surface area contributed by atoms with Gasteiger partial charge in [0.25, 0.3) is 11.8 Å². The van der Waals surface area contributed by atoms with Crippen LogP contribution in [0.1, 0.15) is 20.7 Å². The minimum Gasteiger partial charge on any atom is -0.480 e. The average Bonchev–Trinajstić information content (AvgIpc) is 1.55. The maximum atomic E-state index is 13.7. The number of hydrogen-bond acceptors (Lipinski definition) is 11. The molecule has 19 nitrogen and oxygen atoms in total. The number of primary amides is 1. The molecule has 0 bridgehead atoms. The van der Waals surface area contributed by atoms with Crippen LogP contribution < -0.4 is 31.1 Å². The molecule has 8 aromatic carbocycles. The number of aromatic nitrogens is 2. The maximum Gasteiger partial charge on any atom is 0.323 e. The monoisotopic (exact) mass is 1300 g/mol. The van der Waals surface area contributed by atoms with Crippen LogP contribution in [0.3, 0.4) is 0 Å². The van der Waals surface area contributed by atoms with Crippen molar-refractivity contribution in [3.63, 3.8) is 0 Å². The molecule has 0 aliphatic heterocycles. The second-order valence-corrected chi connectivity index (χ2v) is 25.4. The summed E-state index contributed by atoms with van der Waals surface area (Å²) in [7, 11) is -1.60. The summed E-state index contributed by atoms with van der Waals surface area (Å²) >= 11 is 0. The highest BCUT2D eigenvalue weighted by atomic mass is 35.5. The molecule has 472 valence electrons. The van der Waals surface area contributed by atoms with E-state index in [0.717, 1.165) is 54.2 Å². The van der Waals surface area contributed by atoms with Crippen molar-refractivity contribution >= 4 is 111 Å². The van der Waals surface area contributed by atoms with Crippen molar-refractivity contribution in [3.05, 3.63) is 205 Å². The Kier molecular flexibility index (Phi) is 18.7. The minimum absolute atomic E-state index is 0. The zero-order valence-electron chi connectivity index (χ0n) is 50.3. The van der Waals surface area contributed by atoms with E-state index >= 15 is 0 Å². The van der Waals surface area contributed by atoms with E-state index in [1.54, 1.807) is 34.9 Å². The summed E-state index contributed by atoms with van der Waals surface area (Å²) in [6, 6.07) is 51.5. The van der Waals surface area contributed by atoms with Crippen LogP contribution in [0.2, 0.25) is 0 Å². The summed E-state index contributed by atoms with van der Waals surface area (Å²) < 4.78 is 96.9. The van der Waals surface area contributed by atoms with E-state index in [1.165, 1.54) is 76.7 Å². The number of hydrogen-bond donors (Lipinski definition) is 5. The number of aliphatic carboxylic acids is 1. The second kappa shape index (κ2) is 26.1. The molecule has 0 saturated heterocycles. The summed E-state index contributed by atoms with van der Waals surface area (Å²) in [6.45, 7) is -0.282. The highest BCUT2D eigenvalue weighted by molar-refractivity contribution is 7.92. The topological polar surface area (TPSA) is 284 Å². The van der Waals surface area contributed by atoms with E-state index in [4.69, 9.17) is 14.6 Å². The Morgan fingerprint density at radius 2 is 0.880 bits per heavy atom. The van der Waals surface area contributed by atoms with Gasteiger partial charge in [-0.05, 0) is 119 Å². The first kappa shape index (κ1) is 65.8. The Hall–Kier alpha value is -10.6. The van der Waals surface area contributed by atoms with Gasteiger partial charge < -0.3 is 45.6 Å². The van der Waals surface area contributed by atoms with E-state index in [-0.39, 0.29) is 65.5 Å². The van der Waals surface area contributed by atoms with Gasteiger partial charge in [-0.3, -0.25) is 27.8 Å². The first-order valence-electron chi connectivity index (χ1n) is 27.9. The van der Waals surface area contributed by atoms with Crippen LogP contribution in [0.5, 0.6) is 0 Å². The van der Waals surface area contributed by atoms with Gasteiger partial charge in [0.1, 0.15) is 47.4 Å². The van der Waals surface area contributed by atoms with Gasteiger partial charge in [0, 0.05) is 107 Å². The minimum atomic E-state index is -3.73. The van der Waals surface area contributed by atoms with Gasteiger partial charge >= 0.3 is 5.97 Å². The molecule has 0 fully saturated rings. The van der Waals surface area contributed by atoms with Gasteiger partial charge in [0.15, 0.2) is 0 Å². The number of carbonyl (C=O) groups is 4. The molecule has 12 aromatic rings. The van der Waals surface area contributed by atoms with Gasteiger partial charge in [-0.25, -0.2) is 25.6 Å². The number of nitrogens with one attached hydrogen (secondary N) is 2. The number of rotatable bonds is 16. The molecule has 4 aromatic heterocycles. The Morgan fingerprint density at radius 3 is 1.24 bits per heavy atom. The number of carboxylic acid groups (broad SMARTS) is 1. The third-order valence-corrected chi connectivity index (χ3v) is 18.0. The predicted octanol–water partition coefficient (Wildman–Crippen LogP) is 12.7. The van der Waals surface area contributed by atoms with E-state index < -0.39 is 55.4 Å². The summed E-state index contributed by atoms with van der Waals surface area (Å²) in [5.41, 5.74) is 15.0. The highest BCUT2D eigenvalue weighted by Gasteiger charge is 2.29. The number of carbonyl (C=O) groups excluding carboxylic acids is 3. The van der Waals surface area contributed by atoms with Crippen molar-refractivity contribution < 1.29 is 58.7 Å². The van der Waals surface area contributed by atoms with Crippen molar-refractivity contribution in [2.24, 2.45) is 5.73 Å². The van der Waals surface area contributed by atoms with Crippen LogP contribution in [0.25, 0.3) is 111 Å². The largest absolute Gasteiger partial charge is 0.480 e. The summed E-state index contributed by atoms with van der Waals surface area (Å²) in [6.07, 6.45) is 2.19. The molecule has 92 heavy (non-hydrogen) atoms. The zero-order valence-corrected chi connectivity index (χ0v) is 52.8. The molecular weight excluding hydrogens is 1240 g/mol. The number of carboxylic acids is 1. The lowest BCUT2D eigenvalue weighted by Crippen LogP contribution is -2.25. The second-order valence-electron chi connectivity index (χ2n) is 21.3. The number of amides is 3. The van der Waals surface area contributed by atoms with E-state index in [0.29, 0.717) is 66.8 Å². The van der Waals surface area contributed by atoms with Gasteiger partial charge in [0.05, 0.1) is 35.0 Å². The lowest BCUT2D eigenvalue weighted by molar-refractivity contribution is -0.137. The maximum absolute atomic E-state index is 13.7. The number of fused-ring (bicyclic) bond motifs is 4. The summed E-state index contributed by atoms with van der Waals surface area (Å²) in [5.74, 6) is -2.79. The van der Waals surface area contributed by atoms with E-state index in [1.807, 2.05) is 108 Å². The third kappa shape index (κ3) is 12.8. The molecule has 0 aliphatic carbocycles. The Labute approximate surface area is 533 Å². The SMILES string of the molecule is CNC(=O)c1c(-c2ccc(F)cc2)oc2cc(N(C)S(C)(=O)=O)c(-c3cccc(-c4cc5ccccc5n4CC(=O)O)c3)cc12.CNC(=O)c1c(-c2ccc(F)cc2)oc2cc(N(C)S(C)(=O)=O)c(-c3cccc(-c4cc5ccccc5n4CC(N)=O)c3)cc12.Cl.N. The highest BCUT2D eigenvalue weighted by Crippen LogP contribution is 2.45. The summed E-state index contributed by atoms with van der Waals surface area (Å²) in [4.78, 5) is 50.3. The number of furan rings is 2.